The lowest BCUT2D eigenvalue weighted by atomic mass is 10.3. The van der Waals surface area contributed by atoms with E-state index in [0.29, 0.717) is 0 Å². The molecule has 14 heavy (non-hydrogen) atoms. The van der Waals surface area contributed by atoms with Gasteiger partial charge in [0.05, 0.1) is 8.07 Å². The molecule has 0 N–H and O–H groups in total. The number of anilines is 1. The van der Waals surface area contributed by atoms with Crippen molar-refractivity contribution in [2.45, 2.75) is 26.6 Å². The van der Waals surface area contributed by atoms with Gasteiger partial charge >= 0.3 is 0 Å². The van der Waals surface area contributed by atoms with E-state index in [2.05, 4.69) is 61.8 Å². The van der Waals surface area contributed by atoms with E-state index < -0.39 is 8.07 Å². The Kier molecular flexibility index (Phi) is 3.75. The maximum absolute atomic E-state index is 2.48. The number of para-hydroxylation sites is 1. The molecule has 0 radical (unpaired) electrons. The van der Waals surface area contributed by atoms with Crippen molar-refractivity contribution in [3.05, 3.63) is 30.3 Å². The fraction of sp³-hybridized carbons (Fsp3) is 0.500. The van der Waals surface area contributed by atoms with E-state index in [4.69, 9.17) is 0 Å². The van der Waals surface area contributed by atoms with E-state index in [-0.39, 0.29) is 0 Å². The van der Waals surface area contributed by atoms with Crippen LogP contribution in [0.2, 0.25) is 19.6 Å². The molecule has 1 rings (SSSR count). The van der Waals surface area contributed by atoms with Gasteiger partial charge in [0.15, 0.2) is 0 Å². The Morgan fingerprint density at radius 1 is 1.07 bits per heavy atom. The molecule has 1 aromatic carbocycles. The molecule has 0 aliphatic rings. The molecule has 0 aromatic heterocycles. The van der Waals surface area contributed by atoms with E-state index in [1.54, 1.807) is 0 Å². The zero-order valence-electron chi connectivity index (χ0n) is 9.75. The molecule has 0 saturated carbocycles. The third-order valence-electron chi connectivity index (χ3n) is 2.17. The van der Waals surface area contributed by atoms with Crippen LogP contribution in [0, 0.1) is 0 Å². The SMILES string of the molecule is CCN(C[Si](C)(C)C)c1ccccc1. The normalized spacial score (nSPS) is 11.4. The number of hydrogen-bond acceptors (Lipinski definition) is 1. The molecule has 0 heterocycles. The summed E-state index contributed by atoms with van der Waals surface area (Å²) in [5.41, 5.74) is 1.36. The second-order valence-electron chi connectivity index (χ2n) is 4.91. The Labute approximate surface area is 88.8 Å². The smallest absolute Gasteiger partial charge is 0.0665 e. The average molecular weight is 207 g/mol. The second-order valence-corrected chi connectivity index (χ2v) is 10.3. The molecule has 2 heteroatoms. The van der Waals surface area contributed by atoms with Crippen molar-refractivity contribution in [3.63, 3.8) is 0 Å². The van der Waals surface area contributed by atoms with Crippen LogP contribution in [-0.4, -0.2) is 20.8 Å². The fourth-order valence-electron chi connectivity index (χ4n) is 1.60. The van der Waals surface area contributed by atoms with Crippen LogP contribution in [-0.2, 0) is 0 Å². The largest absolute Gasteiger partial charge is 0.375 e. The van der Waals surface area contributed by atoms with Gasteiger partial charge in [0.1, 0.15) is 0 Å². The summed E-state index contributed by atoms with van der Waals surface area (Å²) in [7, 11) is -0.998. The fourth-order valence-corrected chi connectivity index (χ4v) is 3.15. The highest BCUT2D eigenvalue weighted by molar-refractivity contribution is 6.76. The highest BCUT2D eigenvalue weighted by Crippen LogP contribution is 2.15. The predicted molar refractivity (Wildman–Crippen MR) is 67.7 cm³/mol. The maximum atomic E-state index is 2.48. The highest BCUT2D eigenvalue weighted by atomic mass is 28.3. The van der Waals surface area contributed by atoms with Crippen molar-refractivity contribution >= 4 is 13.8 Å². The van der Waals surface area contributed by atoms with Gasteiger partial charge < -0.3 is 4.90 Å². The van der Waals surface area contributed by atoms with Crippen molar-refractivity contribution in [1.82, 2.24) is 0 Å². The minimum absolute atomic E-state index is 0.998. The van der Waals surface area contributed by atoms with Crippen LogP contribution in [0.5, 0.6) is 0 Å². The molecule has 0 aliphatic heterocycles. The molecule has 1 nitrogen and oxygen atoms in total. The van der Waals surface area contributed by atoms with Crippen molar-refractivity contribution in [3.8, 4) is 0 Å². The van der Waals surface area contributed by atoms with E-state index in [9.17, 15) is 0 Å². The minimum atomic E-state index is -0.998. The van der Waals surface area contributed by atoms with E-state index in [0.717, 1.165) is 6.54 Å². The molecule has 0 amide bonds. The number of benzene rings is 1. The highest BCUT2D eigenvalue weighted by Gasteiger charge is 2.17. The van der Waals surface area contributed by atoms with E-state index in [1.807, 2.05) is 0 Å². The van der Waals surface area contributed by atoms with Gasteiger partial charge in [-0.25, -0.2) is 0 Å². The number of nitrogens with zero attached hydrogens (tertiary/aromatic N) is 1. The Balaban J connectivity index is 2.73. The second kappa shape index (κ2) is 4.65. The molecule has 0 saturated heterocycles. The summed E-state index contributed by atoms with van der Waals surface area (Å²) in [6.45, 7) is 10.6. The Morgan fingerprint density at radius 3 is 2.07 bits per heavy atom. The van der Waals surface area contributed by atoms with Gasteiger partial charge in [-0.1, -0.05) is 37.8 Å². The summed E-state index contributed by atoms with van der Waals surface area (Å²) in [5.74, 6) is 0. The van der Waals surface area contributed by atoms with Crippen molar-refractivity contribution in [1.29, 1.82) is 0 Å². The number of hydrogen-bond donors (Lipinski definition) is 0. The molecule has 0 aliphatic carbocycles. The summed E-state index contributed by atoms with van der Waals surface area (Å²) in [6, 6.07) is 10.7. The van der Waals surface area contributed by atoms with Crippen molar-refractivity contribution in [2.75, 3.05) is 17.6 Å². The van der Waals surface area contributed by atoms with Crippen molar-refractivity contribution in [2.24, 2.45) is 0 Å². The van der Waals surface area contributed by atoms with Gasteiger partial charge in [0.25, 0.3) is 0 Å². The summed E-state index contributed by atoms with van der Waals surface area (Å²) in [5, 5.41) is 0. The summed E-state index contributed by atoms with van der Waals surface area (Å²) < 4.78 is 0. The lowest BCUT2D eigenvalue weighted by Gasteiger charge is -2.29. The van der Waals surface area contributed by atoms with Gasteiger partial charge in [0, 0.05) is 18.4 Å². The van der Waals surface area contributed by atoms with E-state index in [1.165, 1.54) is 11.9 Å². The van der Waals surface area contributed by atoms with Crippen LogP contribution in [0.3, 0.4) is 0 Å². The van der Waals surface area contributed by atoms with Crippen LogP contribution in [0.4, 0.5) is 5.69 Å². The molecule has 0 unspecified atom stereocenters. The first kappa shape index (κ1) is 11.3. The zero-order valence-corrected chi connectivity index (χ0v) is 10.7. The lowest BCUT2D eigenvalue weighted by molar-refractivity contribution is 0.924. The van der Waals surface area contributed by atoms with Gasteiger partial charge in [-0.3, -0.25) is 0 Å². The molecule has 0 fully saturated rings. The van der Waals surface area contributed by atoms with Gasteiger partial charge in [0.2, 0.25) is 0 Å². The first-order valence-corrected chi connectivity index (χ1v) is 9.03. The zero-order chi connectivity index (χ0) is 10.6. The van der Waals surface area contributed by atoms with Crippen LogP contribution in [0.1, 0.15) is 6.92 Å². The molecule has 1 aromatic rings. The Bertz CT molecular complexity index is 263. The van der Waals surface area contributed by atoms with Crippen LogP contribution in [0.15, 0.2) is 30.3 Å². The van der Waals surface area contributed by atoms with Crippen molar-refractivity contribution < 1.29 is 0 Å². The first-order valence-electron chi connectivity index (χ1n) is 5.33. The topological polar surface area (TPSA) is 3.24 Å². The molecule has 0 atom stereocenters. The van der Waals surface area contributed by atoms with Crippen LogP contribution in [0.25, 0.3) is 0 Å². The summed E-state index contributed by atoms with van der Waals surface area (Å²) in [4.78, 5) is 2.48. The van der Waals surface area contributed by atoms with Gasteiger partial charge in [-0.05, 0) is 19.1 Å². The average Bonchev–Trinajstić information content (AvgIpc) is 2.14. The molecular weight excluding hydrogens is 186 g/mol. The molecule has 0 bridgehead atoms. The lowest BCUT2D eigenvalue weighted by Crippen LogP contribution is -2.40. The van der Waals surface area contributed by atoms with Crippen LogP contribution >= 0.6 is 0 Å². The van der Waals surface area contributed by atoms with E-state index >= 15 is 0 Å². The molecule has 0 spiro atoms. The predicted octanol–water partition coefficient (Wildman–Crippen LogP) is 3.39. The Morgan fingerprint density at radius 2 is 1.64 bits per heavy atom. The third-order valence-corrected chi connectivity index (χ3v) is 3.50. The summed E-state index contributed by atoms with van der Waals surface area (Å²) in [6.07, 6.45) is 1.24. The molecular formula is C12H21NSi. The summed E-state index contributed by atoms with van der Waals surface area (Å²) >= 11 is 0. The minimum Gasteiger partial charge on any atom is -0.375 e. The van der Waals surface area contributed by atoms with Gasteiger partial charge in [-0.2, -0.15) is 0 Å². The standard InChI is InChI=1S/C12H21NSi/c1-5-13(11-14(2,3)4)12-9-7-6-8-10-12/h6-10H,5,11H2,1-4H3. The molecule has 78 valence electrons. The maximum Gasteiger partial charge on any atom is 0.0665 e. The third kappa shape index (κ3) is 3.54. The quantitative estimate of drug-likeness (QED) is 0.684. The van der Waals surface area contributed by atoms with Gasteiger partial charge in [-0.15, -0.1) is 0 Å². The van der Waals surface area contributed by atoms with Crippen LogP contribution < -0.4 is 4.90 Å². The number of rotatable bonds is 4. The first-order chi connectivity index (χ1) is 6.53. The Hall–Kier alpha value is -0.763. The monoisotopic (exact) mass is 207 g/mol.